The summed E-state index contributed by atoms with van der Waals surface area (Å²) >= 11 is 1.89. The predicted octanol–water partition coefficient (Wildman–Crippen LogP) is 2.57. The van der Waals surface area contributed by atoms with Crippen LogP contribution in [0.3, 0.4) is 0 Å². The number of aryl methyl sites for hydroxylation is 1. The number of benzene rings is 1. The van der Waals surface area contributed by atoms with Crippen molar-refractivity contribution in [3.63, 3.8) is 0 Å². The van der Waals surface area contributed by atoms with E-state index in [2.05, 4.69) is 5.32 Å². The number of fused-ring (bicyclic) bond motifs is 1. The Kier molecular flexibility index (Phi) is 2.63. The van der Waals surface area contributed by atoms with Crippen LogP contribution in [0.2, 0.25) is 0 Å². The molecule has 1 aromatic carbocycles. The van der Waals surface area contributed by atoms with Crippen LogP contribution < -0.4 is 5.32 Å². The number of nitrogens with one attached hydrogen (secondary N) is 1. The Hall–Kier alpha value is -1.16. The summed E-state index contributed by atoms with van der Waals surface area (Å²) in [6.07, 6.45) is 0.0845. The van der Waals surface area contributed by atoms with Crippen LogP contribution in [0, 0.1) is 0 Å². The molecule has 1 heterocycles. The van der Waals surface area contributed by atoms with Gasteiger partial charge in [-0.15, -0.1) is 0 Å². The van der Waals surface area contributed by atoms with Gasteiger partial charge < -0.3 is 5.11 Å². The summed E-state index contributed by atoms with van der Waals surface area (Å²) in [5.41, 5.74) is 3.27. The molecule has 0 atom stereocenters. The third-order valence-corrected chi connectivity index (χ3v) is 3.24. The number of amides is 1. The molecule has 0 spiro atoms. The summed E-state index contributed by atoms with van der Waals surface area (Å²) in [6, 6.07) is 5.76. The van der Waals surface area contributed by atoms with Gasteiger partial charge in [0.25, 0.3) is 0 Å². The van der Waals surface area contributed by atoms with E-state index in [0.29, 0.717) is 5.69 Å². The molecule has 0 saturated carbocycles. The molecule has 0 bridgehead atoms. The lowest BCUT2D eigenvalue weighted by Crippen LogP contribution is -2.09. The third-order valence-electron chi connectivity index (χ3n) is 2.23. The van der Waals surface area contributed by atoms with Crippen LogP contribution in [0.5, 0.6) is 0 Å². The highest BCUT2D eigenvalue weighted by atomic mass is 32.2. The SMILES string of the molecule is O=C(O)Nc1ccc2c(c1)CSCC2. The quantitative estimate of drug-likeness (QED) is 0.747. The topological polar surface area (TPSA) is 49.3 Å². The largest absolute Gasteiger partial charge is 0.465 e. The van der Waals surface area contributed by atoms with Crippen molar-refractivity contribution in [3.05, 3.63) is 29.3 Å². The minimum absolute atomic E-state index is 0.666. The fraction of sp³-hybridized carbons (Fsp3) is 0.300. The van der Waals surface area contributed by atoms with Crippen molar-refractivity contribution in [1.29, 1.82) is 0 Å². The van der Waals surface area contributed by atoms with Crippen LogP contribution in [0.15, 0.2) is 18.2 Å². The Bertz CT molecular complexity index is 365. The molecular formula is C10H11NO2S. The second kappa shape index (κ2) is 3.92. The average Bonchev–Trinajstić information content (AvgIpc) is 2.17. The summed E-state index contributed by atoms with van der Waals surface area (Å²) in [4.78, 5) is 10.4. The second-order valence-electron chi connectivity index (χ2n) is 3.22. The lowest BCUT2D eigenvalue weighted by atomic mass is 10.1. The van der Waals surface area contributed by atoms with Crippen LogP contribution in [0.4, 0.5) is 10.5 Å². The van der Waals surface area contributed by atoms with Crippen LogP contribution in [0.25, 0.3) is 0 Å². The smallest absolute Gasteiger partial charge is 0.409 e. The zero-order chi connectivity index (χ0) is 9.97. The van der Waals surface area contributed by atoms with Gasteiger partial charge in [-0.3, -0.25) is 5.32 Å². The van der Waals surface area contributed by atoms with Gasteiger partial charge in [0.1, 0.15) is 0 Å². The van der Waals surface area contributed by atoms with E-state index in [-0.39, 0.29) is 0 Å². The van der Waals surface area contributed by atoms with Crippen LogP contribution in [0.1, 0.15) is 11.1 Å². The van der Waals surface area contributed by atoms with Crippen molar-refractivity contribution in [3.8, 4) is 0 Å². The Morgan fingerprint density at radius 3 is 3.07 bits per heavy atom. The number of hydrogen-bond donors (Lipinski definition) is 2. The molecule has 1 aliphatic rings. The summed E-state index contributed by atoms with van der Waals surface area (Å²) in [6.45, 7) is 0. The first kappa shape index (κ1) is 9.40. The van der Waals surface area contributed by atoms with Gasteiger partial charge in [-0.2, -0.15) is 11.8 Å². The predicted molar refractivity (Wildman–Crippen MR) is 58.0 cm³/mol. The first-order valence-electron chi connectivity index (χ1n) is 4.45. The summed E-state index contributed by atoms with van der Waals surface area (Å²) in [5, 5.41) is 10.9. The van der Waals surface area contributed by atoms with Gasteiger partial charge in [0.05, 0.1) is 0 Å². The average molecular weight is 209 g/mol. The van der Waals surface area contributed by atoms with Gasteiger partial charge in [0.15, 0.2) is 0 Å². The molecule has 74 valence electrons. The fourth-order valence-corrected chi connectivity index (χ4v) is 2.57. The van der Waals surface area contributed by atoms with Crippen LogP contribution in [-0.2, 0) is 12.2 Å². The van der Waals surface area contributed by atoms with Gasteiger partial charge in [-0.1, -0.05) is 6.07 Å². The number of anilines is 1. The first-order chi connectivity index (χ1) is 6.75. The molecule has 0 unspecified atom stereocenters. The van der Waals surface area contributed by atoms with Crippen molar-refractivity contribution < 1.29 is 9.90 Å². The minimum Gasteiger partial charge on any atom is -0.465 e. The van der Waals surface area contributed by atoms with Gasteiger partial charge >= 0.3 is 6.09 Å². The van der Waals surface area contributed by atoms with E-state index >= 15 is 0 Å². The van der Waals surface area contributed by atoms with E-state index < -0.39 is 6.09 Å². The molecule has 1 aliphatic heterocycles. The van der Waals surface area contributed by atoms with E-state index in [1.807, 2.05) is 30.0 Å². The molecule has 0 radical (unpaired) electrons. The summed E-state index contributed by atoms with van der Waals surface area (Å²) < 4.78 is 0. The van der Waals surface area contributed by atoms with E-state index in [4.69, 9.17) is 5.11 Å². The molecule has 0 saturated heterocycles. The minimum atomic E-state index is -1.01. The van der Waals surface area contributed by atoms with Crippen molar-refractivity contribution in [2.45, 2.75) is 12.2 Å². The van der Waals surface area contributed by atoms with Crippen molar-refractivity contribution >= 4 is 23.5 Å². The zero-order valence-electron chi connectivity index (χ0n) is 7.62. The Morgan fingerprint density at radius 1 is 1.43 bits per heavy atom. The molecule has 2 rings (SSSR count). The second-order valence-corrected chi connectivity index (χ2v) is 4.32. The summed E-state index contributed by atoms with van der Waals surface area (Å²) in [5.74, 6) is 2.16. The number of carboxylic acid groups (broad SMARTS) is 1. The molecule has 1 amide bonds. The Morgan fingerprint density at radius 2 is 2.29 bits per heavy atom. The molecule has 4 heteroatoms. The van der Waals surface area contributed by atoms with Crippen molar-refractivity contribution in [1.82, 2.24) is 0 Å². The van der Waals surface area contributed by atoms with Gasteiger partial charge in [-0.05, 0) is 35.4 Å². The van der Waals surface area contributed by atoms with E-state index in [9.17, 15) is 4.79 Å². The lowest BCUT2D eigenvalue weighted by molar-refractivity contribution is 0.210. The number of thioether (sulfide) groups is 1. The van der Waals surface area contributed by atoms with E-state index in [0.717, 1.165) is 12.2 Å². The monoisotopic (exact) mass is 209 g/mol. The molecule has 0 aliphatic carbocycles. The van der Waals surface area contributed by atoms with E-state index in [1.54, 1.807) is 0 Å². The van der Waals surface area contributed by atoms with Crippen molar-refractivity contribution in [2.24, 2.45) is 0 Å². The van der Waals surface area contributed by atoms with Crippen molar-refractivity contribution in [2.75, 3.05) is 11.1 Å². The fourth-order valence-electron chi connectivity index (χ4n) is 1.57. The number of rotatable bonds is 1. The highest BCUT2D eigenvalue weighted by Crippen LogP contribution is 2.26. The highest BCUT2D eigenvalue weighted by molar-refractivity contribution is 7.98. The molecule has 3 nitrogen and oxygen atoms in total. The van der Waals surface area contributed by atoms with Gasteiger partial charge in [-0.25, -0.2) is 4.79 Å². The lowest BCUT2D eigenvalue weighted by Gasteiger charge is -2.16. The normalized spacial score (nSPS) is 14.6. The van der Waals surface area contributed by atoms with Crippen LogP contribution in [-0.4, -0.2) is 17.0 Å². The van der Waals surface area contributed by atoms with E-state index in [1.165, 1.54) is 16.9 Å². The standard InChI is InChI=1S/C10H11NO2S/c12-10(13)11-9-2-1-7-3-4-14-6-8(7)5-9/h1-2,5,11H,3-4,6H2,(H,12,13). The Balaban J connectivity index is 2.24. The summed E-state index contributed by atoms with van der Waals surface area (Å²) in [7, 11) is 0. The molecule has 1 aromatic rings. The number of hydrogen-bond acceptors (Lipinski definition) is 2. The zero-order valence-corrected chi connectivity index (χ0v) is 8.43. The molecular weight excluding hydrogens is 198 g/mol. The molecule has 0 fully saturated rings. The maximum atomic E-state index is 10.4. The maximum absolute atomic E-state index is 10.4. The molecule has 0 aromatic heterocycles. The Labute approximate surface area is 86.5 Å². The third kappa shape index (κ3) is 2.01. The van der Waals surface area contributed by atoms with Gasteiger partial charge in [0, 0.05) is 11.4 Å². The molecule has 2 N–H and O–H groups in total. The van der Waals surface area contributed by atoms with Crippen LogP contribution >= 0.6 is 11.8 Å². The number of carbonyl (C=O) groups is 1. The highest BCUT2D eigenvalue weighted by Gasteiger charge is 2.10. The van der Waals surface area contributed by atoms with Gasteiger partial charge in [0.2, 0.25) is 0 Å². The first-order valence-corrected chi connectivity index (χ1v) is 5.60. The molecule has 14 heavy (non-hydrogen) atoms. The maximum Gasteiger partial charge on any atom is 0.409 e.